The molecule has 0 bridgehead atoms. The summed E-state index contributed by atoms with van der Waals surface area (Å²) in [6.07, 6.45) is -0.539. The van der Waals surface area contributed by atoms with Crippen molar-refractivity contribution < 1.29 is 49.3 Å². The highest BCUT2D eigenvalue weighted by molar-refractivity contribution is 5.84. The van der Waals surface area contributed by atoms with E-state index in [1.54, 1.807) is 20.8 Å². The van der Waals surface area contributed by atoms with E-state index in [1.807, 2.05) is 48.5 Å². The summed E-state index contributed by atoms with van der Waals surface area (Å²) in [6.45, 7) is 18.7. The average Bonchev–Trinajstić information content (AvgIpc) is 3.42. The van der Waals surface area contributed by atoms with Crippen LogP contribution in [0.5, 0.6) is 0 Å². The van der Waals surface area contributed by atoms with Gasteiger partial charge in [0.15, 0.2) is 11.6 Å². The van der Waals surface area contributed by atoms with Crippen molar-refractivity contribution in [3.05, 3.63) is 0 Å². The van der Waals surface area contributed by atoms with E-state index < -0.39 is 83.3 Å². The van der Waals surface area contributed by atoms with Crippen molar-refractivity contribution in [3.8, 4) is 0 Å². The van der Waals surface area contributed by atoms with E-state index >= 15 is 0 Å². The van der Waals surface area contributed by atoms with E-state index in [2.05, 4.69) is 0 Å². The molecule has 0 aliphatic carbocycles. The van der Waals surface area contributed by atoms with Crippen molar-refractivity contribution in [1.82, 2.24) is 0 Å². The van der Waals surface area contributed by atoms with E-state index in [-0.39, 0.29) is 23.5 Å². The second-order valence-electron chi connectivity index (χ2n) is 14.9. The van der Waals surface area contributed by atoms with Gasteiger partial charge in [0.25, 0.3) is 0 Å². The molecule has 0 aromatic rings. The Labute approximate surface area is 263 Å². The quantitative estimate of drug-likeness (QED) is 0.199. The zero-order chi connectivity index (χ0) is 33.6. The number of carboxylic acid groups (broad SMARTS) is 1. The number of aliphatic hydroxyl groups is 4. The van der Waals surface area contributed by atoms with Gasteiger partial charge in [-0.25, -0.2) is 0 Å². The van der Waals surface area contributed by atoms with Crippen molar-refractivity contribution in [2.45, 2.75) is 161 Å². The van der Waals surface area contributed by atoms with Gasteiger partial charge in [0.2, 0.25) is 0 Å². The number of Topliss-reactive ketones (excluding diaryl/α,β-unsaturated/α-hetero) is 1. The molecule has 0 aromatic carbocycles. The van der Waals surface area contributed by atoms with Gasteiger partial charge >= 0.3 is 5.97 Å². The molecule has 3 heterocycles. The van der Waals surface area contributed by atoms with Gasteiger partial charge in [0, 0.05) is 29.6 Å². The van der Waals surface area contributed by atoms with Crippen molar-refractivity contribution in [2.75, 3.05) is 0 Å². The number of aliphatic hydroxyl groups excluding tert-OH is 2. The Bertz CT molecular complexity index is 1020. The van der Waals surface area contributed by atoms with Gasteiger partial charge in [-0.15, -0.1) is 0 Å². The first-order valence-corrected chi connectivity index (χ1v) is 16.9. The number of rotatable bonds is 13. The Morgan fingerprint density at radius 3 is 2.02 bits per heavy atom. The van der Waals surface area contributed by atoms with E-state index in [0.29, 0.717) is 38.5 Å². The Morgan fingerprint density at radius 2 is 1.50 bits per heavy atom. The summed E-state index contributed by atoms with van der Waals surface area (Å²) in [5, 5.41) is 54.8. The first kappa shape index (κ1) is 37.3. The third-order valence-corrected chi connectivity index (χ3v) is 11.7. The van der Waals surface area contributed by atoms with Crippen LogP contribution in [0.25, 0.3) is 0 Å². The van der Waals surface area contributed by atoms with E-state index in [9.17, 15) is 35.1 Å². The number of carbonyl (C=O) groups excluding carboxylic acids is 1. The van der Waals surface area contributed by atoms with E-state index in [0.717, 1.165) is 0 Å². The molecule has 3 fully saturated rings. The summed E-state index contributed by atoms with van der Waals surface area (Å²) in [7, 11) is 0. The summed E-state index contributed by atoms with van der Waals surface area (Å²) < 4.78 is 19.1. The maximum atomic E-state index is 14.1. The van der Waals surface area contributed by atoms with Crippen molar-refractivity contribution in [3.63, 3.8) is 0 Å². The zero-order valence-electron chi connectivity index (χ0n) is 28.6. The molecule has 0 amide bonds. The molecule has 10 heteroatoms. The van der Waals surface area contributed by atoms with E-state index in [1.165, 1.54) is 0 Å². The van der Waals surface area contributed by atoms with E-state index in [4.69, 9.17) is 14.2 Å². The third-order valence-electron chi connectivity index (χ3n) is 11.7. The molecule has 3 aliphatic rings. The number of carbonyl (C=O) groups is 2. The monoisotopic (exact) mass is 628 g/mol. The van der Waals surface area contributed by atoms with Crippen LogP contribution < -0.4 is 0 Å². The maximum absolute atomic E-state index is 14.1. The van der Waals surface area contributed by atoms with Gasteiger partial charge in [0.1, 0.15) is 11.4 Å². The largest absolute Gasteiger partial charge is 0.481 e. The first-order valence-electron chi connectivity index (χ1n) is 16.9. The molecule has 10 nitrogen and oxygen atoms in total. The minimum absolute atomic E-state index is 0.0671. The highest BCUT2D eigenvalue weighted by Gasteiger charge is 2.67. The Balaban J connectivity index is 1.79. The van der Waals surface area contributed by atoms with Gasteiger partial charge < -0.3 is 39.7 Å². The summed E-state index contributed by atoms with van der Waals surface area (Å²) >= 11 is 0. The highest BCUT2D eigenvalue weighted by Crippen LogP contribution is 2.56. The number of hydrogen-bond acceptors (Lipinski definition) is 9. The van der Waals surface area contributed by atoms with Crippen molar-refractivity contribution in [2.24, 2.45) is 41.4 Å². The summed E-state index contributed by atoms with van der Waals surface area (Å²) in [5.41, 5.74) is -1.99. The van der Waals surface area contributed by atoms with Crippen molar-refractivity contribution in [1.29, 1.82) is 0 Å². The van der Waals surface area contributed by atoms with Crippen LogP contribution in [0.3, 0.4) is 0 Å². The molecule has 15 atom stereocenters. The smallest absolute Gasteiger partial charge is 0.308 e. The molecule has 3 saturated heterocycles. The minimum Gasteiger partial charge on any atom is -0.481 e. The van der Waals surface area contributed by atoms with Gasteiger partial charge in [-0.3, -0.25) is 9.59 Å². The molecule has 3 rings (SSSR count). The second-order valence-corrected chi connectivity index (χ2v) is 14.9. The lowest BCUT2D eigenvalue weighted by molar-refractivity contribution is -0.332. The summed E-state index contributed by atoms with van der Waals surface area (Å²) in [4.78, 5) is 25.5. The lowest BCUT2D eigenvalue weighted by atomic mass is 9.73. The Kier molecular flexibility index (Phi) is 11.5. The minimum atomic E-state index is -1.85. The second kappa shape index (κ2) is 13.5. The van der Waals surface area contributed by atoms with Crippen LogP contribution in [-0.4, -0.2) is 84.5 Å². The fraction of sp³-hybridized carbons (Fsp3) is 0.941. The Hall–Kier alpha value is -1.14. The molecule has 5 N–H and O–H groups in total. The average molecular weight is 629 g/mol. The fourth-order valence-electron chi connectivity index (χ4n) is 8.82. The molecule has 0 saturated carbocycles. The van der Waals surface area contributed by atoms with Crippen LogP contribution in [0.2, 0.25) is 0 Å². The molecule has 0 spiro atoms. The molecule has 44 heavy (non-hydrogen) atoms. The normalized spacial score (nSPS) is 44.6. The molecule has 256 valence electrons. The summed E-state index contributed by atoms with van der Waals surface area (Å²) in [6, 6.07) is 0. The predicted octanol–water partition coefficient (Wildman–Crippen LogP) is 4.29. The number of carboxylic acids is 1. The molecule has 3 aliphatic heterocycles. The van der Waals surface area contributed by atoms with Crippen LogP contribution in [0.15, 0.2) is 0 Å². The molecule has 0 radical (unpaired) electrons. The predicted molar refractivity (Wildman–Crippen MR) is 164 cm³/mol. The van der Waals surface area contributed by atoms with Crippen LogP contribution in [-0.2, 0) is 23.8 Å². The maximum Gasteiger partial charge on any atom is 0.308 e. The van der Waals surface area contributed by atoms with Crippen LogP contribution in [0.1, 0.15) is 114 Å². The van der Waals surface area contributed by atoms with Gasteiger partial charge in [-0.05, 0) is 57.3 Å². The summed E-state index contributed by atoms with van der Waals surface area (Å²) in [5.74, 6) is -7.56. The highest BCUT2D eigenvalue weighted by atomic mass is 16.7. The van der Waals surface area contributed by atoms with Crippen LogP contribution in [0.4, 0.5) is 0 Å². The van der Waals surface area contributed by atoms with Gasteiger partial charge in [0.05, 0.1) is 36.4 Å². The number of ketones is 1. The van der Waals surface area contributed by atoms with Gasteiger partial charge in [-0.1, -0.05) is 62.3 Å². The topological polar surface area (TPSA) is 163 Å². The lowest BCUT2D eigenvalue weighted by Gasteiger charge is -2.47. The molecule has 0 aromatic heterocycles. The Morgan fingerprint density at radius 1 is 0.886 bits per heavy atom. The van der Waals surface area contributed by atoms with Gasteiger partial charge in [-0.2, -0.15) is 0 Å². The lowest BCUT2D eigenvalue weighted by Crippen LogP contribution is -2.58. The zero-order valence-corrected chi connectivity index (χ0v) is 28.6. The standard InChI is InChI=1S/C34H60O10/c1-11-24(28(39)22(8)27(38)23(9)29-18(4)14-20(6)33(40,43-29)17-26(36)37)30-19(5)15-31(10,42-30)34(41)21(7)16-32(13-3,44-34)25(35)12-2/h18-25,27,29-30,35,38,40-41H,11-17H2,1-10H3,(H,36,37). The number of ether oxygens (including phenoxy) is 3. The number of hydrogen-bond donors (Lipinski definition) is 5. The molecular weight excluding hydrogens is 568 g/mol. The van der Waals surface area contributed by atoms with Crippen molar-refractivity contribution >= 4 is 11.8 Å². The first-order chi connectivity index (χ1) is 20.3. The molecular formula is C34H60O10. The number of aliphatic carboxylic acids is 1. The third kappa shape index (κ3) is 6.51. The molecule has 15 unspecified atom stereocenters. The fourth-order valence-corrected chi connectivity index (χ4v) is 8.82. The van der Waals surface area contributed by atoms with Crippen LogP contribution in [0, 0.1) is 41.4 Å². The SMILES string of the molecule is CCC(C(=O)C(C)C(O)C(C)C1OC(O)(CC(=O)O)C(C)CC1C)C1OC(C)(C2(O)OC(CC)(C(O)CC)CC2C)CC1C. The van der Waals surface area contributed by atoms with Crippen LogP contribution >= 0.6 is 0 Å².